The Morgan fingerprint density at radius 1 is 1.00 bits per heavy atom. The second kappa shape index (κ2) is 6.68. The number of nitrogens with zero attached hydrogens (tertiary/aromatic N) is 2. The SMILES string of the molecule is Cc1cccc(N=C[C@H]2C(=O)NC(=O)N(c3cccc(C)c3)C2=O)c1. The van der Waals surface area contributed by atoms with Gasteiger partial charge in [0, 0.05) is 6.21 Å². The monoisotopic (exact) mass is 335 g/mol. The highest BCUT2D eigenvalue weighted by Gasteiger charge is 2.40. The van der Waals surface area contributed by atoms with Crippen LogP contribution in [0.5, 0.6) is 0 Å². The summed E-state index contributed by atoms with van der Waals surface area (Å²) in [4.78, 5) is 42.1. The summed E-state index contributed by atoms with van der Waals surface area (Å²) >= 11 is 0. The number of urea groups is 1. The Labute approximate surface area is 145 Å². The van der Waals surface area contributed by atoms with Gasteiger partial charge in [0.2, 0.25) is 5.91 Å². The van der Waals surface area contributed by atoms with E-state index in [0.29, 0.717) is 11.4 Å². The van der Waals surface area contributed by atoms with Gasteiger partial charge in [0.1, 0.15) is 0 Å². The maximum absolute atomic E-state index is 12.7. The molecule has 6 heteroatoms. The molecule has 25 heavy (non-hydrogen) atoms. The molecule has 0 unspecified atom stereocenters. The van der Waals surface area contributed by atoms with Crippen molar-refractivity contribution in [2.75, 3.05) is 4.90 Å². The third kappa shape index (κ3) is 3.47. The number of aryl methyl sites for hydroxylation is 2. The Hall–Kier alpha value is -3.28. The highest BCUT2D eigenvalue weighted by molar-refractivity contribution is 6.32. The molecular weight excluding hydrogens is 318 g/mol. The number of aliphatic imine (C=N–C) groups is 1. The normalized spacial score (nSPS) is 17.9. The van der Waals surface area contributed by atoms with Crippen molar-refractivity contribution in [1.82, 2.24) is 5.32 Å². The van der Waals surface area contributed by atoms with E-state index in [0.717, 1.165) is 16.0 Å². The fraction of sp³-hybridized carbons (Fsp3) is 0.158. The number of rotatable bonds is 3. The van der Waals surface area contributed by atoms with Gasteiger partial charge in [-0.2, -0.15) is 0 Å². The zero-order chi connectivity index (χ0) is 18.0. The third-order valence-electron chi connectivity index (χ3n) is 3.84. The van der Waals surface area contributed by atoms with Gasteiger partial charge in [0.25, 0.3) is 5.91 Å². The minimum Gasteiger partial charge on any atom is -0.276 e. The van der Waals surface area contributed by atoms with Gasteiger partial charge in [0.15, 0.2) is 5.92 Å². The standard InChI is InChI=1S/C19H17N3O3/c1-12-5-3-7-14(9-12)20-11-16-17(23)21-19(25)22(18(16)24)15-8-4-6-13(2)10-15/h3-11,16H,1-2H3,(H,21,23,25)/t16-/m0/s1. The lowest BCUT2D eigenvalue weighted by atomic mass is 10.1. The molecule has 1 aliphatic heterocycles. The number of barbiturate groups is 1. The van der Waals surface area contributed by atoms with Crippen LogP contribution in [0.15, 0.2) is 53.5 Å². The van der Waals surface area contributed by atoms with Crippen LogP contribution >= 0.6 is 0 Å². The summed E-state index contributed by atoms with van der Waals surface area (Å²) in [5, 5.41) is 2.21. The predicted molar refractivity (Wildman–Crippen MR) is 95.0 cm³/mol. The zero-order valence-electron chi connectivity index (χ0n) is 13.9. The maximum Gasteiger partial charge on any atom is 0.335 e. The van der Waals surface area contributed by atoms with Crippen LogP contribution in [0.4, 0.5) is 16.2 Å². The Kier molecular flexibility index (Phi) is 4.43. The molecule has 0 aliphatic carbocycles. The van der Waals surface area contributed by atoms with E-state index in [-0.39, 0.29) is 0 Å². The molecule has 0 saturated carbocycles. The van der Waals surface area contributed by atoms with E-state index in [9.17, 15) is 14.4 Å². The molecule has 1 N–H and O–H groups in total. The van der Waals surface area contributed by atoms with Gasteiger partial charge in [-0.15, -0.1) is 0 Å². The summed E-state index contributed by atoms with van der Waals surface area (Å²) in [5.74, 6) is -2.44. The molecule has 0 aromatic heterocycles. The molecule has 2 aromatic rings. The van der Waals surface area contributed by atoms with E-state index >= 15 is 0 Å². The van der Waals surface area contributed by atoms with Crippen molar-refractivity contribution in [3.05, 3.63) is 59.7 Å². The topological polar surface area (TPSA) is 78.8 Å². The van der Waals surface area contributed by atoms with E-state index in [2.05, 4.69) is 10.3 Å². The van der Waals surface area contributed by atoms with Gasteiger partial charge in [-0.25, -0.2) is 9.69 Å². The van der Waals surface area contributed by atoms with Crippen LogP contribution in [0, 0.1) is 19.8 Å². The lowest BCUT2D eigenvalue weighted by Crippen LogP contribution is -2.58. The number of benzene rings is 2. The molecule has 0 bridgehead atoms. The van der Waals surface area contributed by atoms with E-state index in [1.165, 1.54) is 6.21 Å². The first-order valence-electron chi connectivity index (χ1n) is 7.82. The Balaban J connectivity index is 1.90. The number of hydrogen-bond acceptors (Lipinski definition) is 4. The van der Waals surface area contributed by atoms with Gasteiger partial charge in [-0.1, -0.05) is 24.3 Å². The quantitative estimate of drug-likeness (QED) is 0.692. The van der Waals surface area contributed by atoms with Crippen molar-refractivity contribution in [3.8, 4) is 0 Å². The highest BCUT2D eigenvalue weighted by atomic mass is 16.2. The summed E-state index contributed by atoms with van der Waals surface area (Å²) < 4.78 is 0. The molecule has 2 aromatic carbocycles. The smallest absolute Gasteiger partial charge is 0.276 e. The molecule has 0 spiro atoms. The van der Waals surface area contributed by atoms with Crippen molar-refractivity contribution in [3.63, 3.8) is 0 Å². The van der Waals surface area contributed by atoms with Crippen LogP contribution in [-0.4, -0.2) is 24.1 Å². The first-order chi connectivity index (χ1) is 12.0. The molecule has 126 valence electrons. The van der Waals surface area contributed by atoms with Crippen LogP contribution in [0.2, 0.25) is 0 Å². The lowest BCUT2D eigenvalue weighted by Gasteiger charge is -2.28. The van der Waals surface area contributed by atoms with E-state index < -0.39 is 23.8 Å². The van der Waals surface area contributed by atoms with Crippen molar-refractivity contribution >= 4 is 35.4 Å². The first kappa shape index (κ1) is 16.6. The van der Waals surface area contributed by atoms with E-state index in [4.69, 9.17) is 0 Å². The Morgan fingerprint density at radius 2 is 1.68 bits per heavy atom. The number of imide groups is 2. The lowest BCUT2D eigenvalue weighted by molar-refractivity contribution is -0.131. The molecule has 1 saturated heterocycles. The summed E-state index contributed by atoms with van der Waals surface area (Å²) in [6, 6.07) is 13.6. The van der Waals surface area contributed by atoms with Crippen molar-refractivity contribution in [1.29, 1.82) is 0 Å². The molecule has 6 nitrogen and oxygen atoms in total. The average molecular weight is 335 g/mol. The van der Waals surface area contributed by atoms with Gasteiger partial charge < -0.3 is 0 Å². The van der Waals surface area contributed by atoms with Crippen LogP contribution in [-0.2, 0) is 9.59 Å². The van der Waals surface area contributed by atoms with Crippen LogP contribution in [0.1, 0.15) is 11.1 Å². The number of hydrogen-bond donors (Lipinski definition) is 1. The van der Waals surface area contributed by atoms with Gasteiger partial charge in [0.05, 0.1) is 11.4 Å². The molecule has 1 heterocycles. The molecule has 1 atom stereocenters. The average Bonchev–Trinajstić information content (AvgIpc) is 2.54. The van der Waals surface area contributed by atoms with Crippen LogP contribution < -0.4 is 10.2 Å². The summed E-state index contributed by atoms with van der Waals surface area (Å²) in [5.41, 5.74) is 2.98. The molecule has 4 amide bonds. The van der Waals surface area contributed by atoms with Crippen molar-refractivity contribution in [2.45, 2.75) is 13.8 Å². The van der Waals surface area contributed by atoms with Crippen molar-refractivity contribution < 1.29 is 14.4 Å². The molecule has 0 radical (unpaired) electrons. The number of nitrogens with one attached hydrogen (secondary N) is 1. The molecular formula is C19H17N3O3. The summed E-state index contributed by atoms with van der Waals surface area (Å²) in [7, 11) is 0. The van der Waals surface area contributed by atoms with Crippen molar-refractivity contribution in [2.24, 2.45) is 10.9 Å². The fourth-order valence-electron chi connectivity index (χ4n) is 2.60. The first-order valence-corrected chi connectivity index (χ1v) is 7.82. The Bertz CT molecular complexity index is 889. The number of anilines is 1. The minimum absolute atomic E-state index is 0.420. The van der Waals surface area contributed by atoms with E-state index in [1.54, 1.807) is 24.3 Å². The fourth-order valence-corrected chi connectivity index (χ4v) is 2.60. The van der Waals surface area contributed by atoms with Crippen LogP contribution in [0.3, 0.4) is 0 Å². The Morgan fingerprint density at radius 3 is 2.36 bits per heavy atom. The molecule has 3 rings (SSSR count). The minimum atomic E-state index is -1.15. The van der Waals surface area contributed by atoms with Crippen LogP contribution in [0.25, 0.3) is 0 Å². The third-order valence-corrected chi connectivity index (χ3v) is 3.84. The molecule has 1 aliphatic rings. The second-order valence-electron chi connectivity index (χ2n) is 5.90. The zero-order valence-corrected chi connectivity index (χ0v) is 13.9. The predicted octanol–water partition coefficient (Wildman–Crippen LogP) is 2.90. The number of carbonyl (C=O) groups is 3. The highest BCUT2D eigenvalue weighted by Crippen LogP contribution is 2.22. The molecule has 1 fully saturated rings. The second-order valence-corrected chi connectivity index (χ2v) is 5.90. The number of amides is 4. The van der Waals surface area contributed by atoms with Gasteiger partial charge >= 0.3 is 6.03 Å². The maximum atomic E-state index is 12.7. The summed E-state index contributed by atoms with van der Waals surface area (Å²) in [6.45, 7) is 3.79. The largest absolute Gasteiger partial charge is 0.335 e. The number of carbonyl (C=O) groups excluding carboxylic acids is 3. The summed E-state index contributed by atoms with van der Waals surface area (Å²) in [6.07, 6.45) is 1.28. The van der Waals surface area contributed by atoms with Gasteiger partial charge in [-0.3, -0.25) is 19.9 Å². The van der Waals surface area contributed by atoms with E-state index in [1.807, 2.05) is 38.1 Å². The van der Waals surface area contributed by atoms with Gasteiger partial charge in [-0.05, 0) is 49.2 Å².